The number of carbonyl (C=O) groups excluding carboxylic acids is 1. The van der Waals surface area contributed by atoms with Gasteiger partial charge in [-0.05, 0) is 30.5 Å². The molecule has 0 radical (unpaired) electrons. The minimum Gasteiger partial charge on any atom is -0.465 e. The molecule has 1 N–H and O–H groups in total. The van der Waals surface area contributed by atoms with Crippen molar-refractivity contribution >= 4 is 24.1 Å². The molecule has 0 aliphatic carbocycles. The molecule has 0 saturated heterocycles. The van der Waals surface area contributed by atoms with Crippen LogP contribution in [-0.4, -0.2) is 19.6 Å². The maximum Gasteiger partial charge on any atom is 0.340 e. The van der Waals surface area contributed by atoms with Gasteiger partial charge in [0.1, 0.15) is 5.82 Å². The number of ether oxygens (including phenoxy) is 1. The number of anilines is 1. The summed E-state index contributed by atoms with van der Waals surface area (Å²) >= 11 is 0. The second-order valence-corrected chi connectivity index (χ2v) is 3.51. The fourth-order valence-electron chi connectivity index (χ4n) is 1.76. The first-order valence-electron chi connectivity index (χ1n) is 4.87. The third-order valence-corrected chi connectivity index (χ3v) is 2.54. The second kappa shape index (κ2) is 5.16. The van der Waals surface area contributed by atoms with E-state index < -0.39 is 11.8 Å². The van der Waals surface area contributed by atoms with Crippen LogP contribution in [0.5, 0.6) is 0 Å². The number of benzene rings is 1. The molecule has 0 bridgehead atoms. The number of nitrogens with one attached hydrogen (secondary N) is 1. The number of aryl methyl sites for hydroxylation is 1. The molecule has 3 nitrogen and oxygen atoms in total. The molecule has 1 aromatic carbocycles. The lowest BCUT2D eigenvalue weighted by Crippen LogP contribution is -2.14. The zero-order valence-corrected chi connectivity index (χ0v) is 9.70. The van der Waals surface area contributed by atoms with Gasteiger partial charge in [-0.2, -0.15) is 0 Å². The van der Waals surface area contributed by atoms with Crippen LogP contribution in [0, 0.1) is 5.82 Å². The number of hydrogen-bond acceptors (Lipinski definition) is 3. The summed E-state index contributed by atoms with van der Waals surface area (Å²) in [6.07, 6.45) is 1.87. The minimum atomic E-state index is -0.624. The zero-order valence-electron chi connectivity index (χ0n) is 8.88. The average Bonchev–Trinajstić information content (AvgIpc) is 2.27. The predicted octanol–water partition coefficient (Wildman–Crippen LogP) is 2.39. The molecule has 0 saturated carbocycles. The largest absolute Gasteiger partial charge is 0.465 e. The van der Waals surface area contributed by atoms with Gasteiger partial charge in [0.05, 0.1) is 12.7 Å². The molecular weight excluding hydrogens is 233 g/mol. The van der Waals surface area contributed by atoms with Crippen molar-refractivity contribution in [3.05, 3.63) is 29.1 Å². The van der Waals surface area contributed by atoms with Gasteiger partial charge in [0.15, 0.2) is 0 Å². The Morgan fingerprint density at radius 3 is 2.94 bits per heavy atom. The fourth-order valence-corrected chi connectivity index (χ4v) is 1.76. The summed E-state index contributed by atoms with van der Waals surface area (Å²) in [6.45, 7) is 0.851. The Kier molecular flexibility index (Phi) is 4.12. The van der Waals surface area contributed by atoms with Crippen molar-refractivity contribution in [3.8, 4) is 0 Å². The fraction of sp³-hybridized carbons (Fsp3) is 0.364. The van der Waals surface area contributed by atoms with Crippen molar-refractivity contribution in [1.29, 1.82) is 0 Å². The van der Waals surface area contributed by atoms with Gasteiger partial charge in [0, 0.05) is 12.2 Å². The molecular formula is C11H13ClFNO2. The normalized spacial score (nSPS) is 13.1. The first kappa shape index (κ1) is 12.8. The Morgan fingerprint density at radius 1 is 1.50 bits per heavy atom. The van der Waals surface area contributed by atoms with Crippen LogP contribution in [0.3, 0.4) is 0 Å². The molecule has 0 fully saturated rings. The molecule has 0 unspecified atom stereocenters. The van der Waals surface area contributed by atoms with Crippen LogP contribution in [0.1, 0.15) is 22.3 Å². The predicted molar refractivity (Wildman–Crippen MR) is 61.8 cm³/mol. The number of hydrogen-bond donors (Lipinski definition) is 1. The Hall–Kier alpha value is -1.29. The number of rotatable bonds is 1. The van der Waals surface area contributed by atoms with E-state index in [2.05, 4.69) is 10.1 Å². The average molecular weight is 246 g/mol. The summed E-state index contributed by atoms with van der Waals surface area (Å²) in [5.74, 6) is -1.16. The number of methoxy groups -OCH3 is 1. The molecule has 0 amide bonds. The zero-order chi connectivity index (χ0) is 10.8. The maximum atomic E-state index is 13.5. The van der Waals surface area contributed by atoms with Gasteiger partial charge in [-0.25, -0.2) is 9.18 Å². The third-order valence-electron chi connectivity index (χ3n) is 2.54. The van der Waals surface area contributed by atoms with Gasteiger partial charge in [-0.15, -0.1) is 12.4 Å². The van der Waals surface area contributed by atoms with Crippen LogP contribution in [0.15, 0.2) is 12.1 Å². The Bertz CT molecular complexity index is 409. The van der Waals surface area contributed by atoms with Crippen LogP contribution in [-0.2, 0) is 11.2 Å². The van der Waals surface area contributed by atoms with E-state index in [1.54, 1.807) is 6.07 Å². The number of fused-ring (bicyclic) bond motifs is 1. The van der Waals surface area contributed by atoms with E-state index in [4.69, 9.17) is 0 Å². The molecule has 1 aliphatic heterocycles. The van der Waals surface area contributed by atoms with E-state index in [1.807, 2.05) is 0 Å². The molecule has 5 heteroatoms. The quantitative estimate of drug-likeness (QED) is 0.772. The lowest BCUT2D eigenvalue weighted by atomic mass is 10.0. The number of carbonyl (C=O) groups is 1. The Balaban J connectivity index is 0.00000128. The summed E-state index contributed by atoms with van der Waals surface area (Å²) in [5.41, 5.74) is 1.77. The minimum absolute atomic E-state index is 0. The first-order valence-corrected chi connectivity index (χ1v) is 4.87. The van der Waals surface area contributed by atoms with Gasteiger partial charge < -0.3 is 10.1 Å². The maximum absolute atomic E-state index is 13.5. The standard InChI is InChI=1S/C11H12FNO2.ClH/c1-15-11(14)8-5-7-3-2-4-13-10(7)6-9(8)12;/h5-6,13H,2-4H2,1H3;1H. The topological polar surface area (TPSA) is 38.3 Å². The van der Waals surface area contributed by atoms with E-state index >= 15 is 0 Å². The molecule has 0 atom stereocenters. The van der Waals surface area contributed by atoms with E-state index in [-0.39, 0.29) is 18.0 Å². The molecule has 2 rings (SSSR count). The van der Waals surface area contributed by atoms with Gasteiger partial charge in [-0.1, -0.05) is 0 Å². The van der Waals surface area contributed by atoms with E-state index in [1.165, 1.54) is 13.2 Å². The highest BCUT2D eigenvalue weighted by Crippen LogP contribution is 2.25. The van der Waals surface area contributed by atoms with Crippen LogP contribution < -0.4 is 5.32 Å². The van der Waals surface area contributed by atoms with Gasteiger partial charge in [-0.3, -0.25) is 0 Å². The summed E-state index contributed by atoms with van der Waals surface area (Å²) in [7, 11) is 1.25. The third kappa shape index (κ3) is 2.27. The summed E-state index contributed by atoms with van der Waals surface area (Å²) in [5, 5.41) is 3.10. The summed E-state index contributed by atoms with van der Waals surface area (Å²) in [6, 6.07) is 2.93. The van der Waals surface area contributed by atoms with Gasteiger partial charge >= 0.3 is 5.97 Å². The van der Waals surface area contributed by atoms with Crippen molar-refractivity contribution in [1.82, 2.24) is 0 Å². The van der Waals surface area contributed by atoms with Crippen LogP contribution >= 0.6 is 12.4 Å². The lowest BCUT2D eigenvalue weighted by Gasteiger charge is -2.18. The molecule has 0 spiro atoms. The molecule has 0 aromatic heterocycles. The van der Waals surface area contributed by atoms with Gasteiger partial charge in [0.25, 0.3) is 0 Å². The molecule has 1 aromatic rings. The monoisotopic (exact) mass is 245 g/mol. The van der Waals surface area contributed by atoms with Crippen molar-refractivity contribution in [2.24, 2.45) is 0 Å². The van der Waals surface area contributed by atoms with Gasteiger partial charge in [0.2, 0.25) is 0 Å². The van der Waals surface area contributed by atoms with Crippen LogP contribution in [0.4, 0.5) is 10.1 Å². The lowest BCUT2D eigenvalue weighted by molar-refractivity contribution is 0.0595. The van der Waals surface area contributed by atoms with E-state index in [0.29, 0.717) is 0 Å². The van der Waals surface area contributed by atoms with Crippen molar-refractivity contribution in [2.45, 2.75) is 12.8 Å². The highest BCUT2D eigenvalue weighted by molar-refractivity contribution is 5.90. The Morgan fingerprint density at radius 2 is 2.25 bits per heavy atom. The molecule has 16 heavy (non-hydrogen) atoms. The number of halogens is 2. The van der Waals surface area contributed by atoms with Crippen molar-refractivity contribution in [3.63, 3.8) is 0 Å². The second-order valence-electron chi connectivity index (χ2n) is 3.51. The number of esters is 1. The highest BCUT2D eigenvalue weighted by atomic mass is 35.5. The van der Waals surface area contributed by atoms with E-state index in [9.17, 15) is 9.18 Å². The highest BCUT2D eigenvalue weighted by Gasteiger charge is 2.17. The molecule has 1 aliphatic rings. The Labute approximate surface area is 99.4 Å². The van der Waals surface area contributed by atoms with Crippen molar-refractivity contribution < 1.29 is 13.9 Å². The summed E-state index contributed by atoms with van der Waals surface area (Å²) < 4.78 is 18.0. The first-order chi connectivity index (χ1) is 7.22. The molecule has 1 heterocycles. The summed E-state index contributed by atoms with van der Waals surface area (Å²) in [4.78, 5) is 11.2. The van der Waals surface area contributed by atoms with E-state index in [0.717, 1.165) is 30.6 Å². The SMILES string of the molecule is COC(=O)c1cc2c(cc1F)NCCC2.Cl. The van der Waals surface area contributed by atoms with Crippen LogP contribution in [0.25, 0.3) is 0 Å². The van der Waals surface area contributed by atoms with Crippen molar-refractivity contribution in [2.75, 3.05) is 19.0 Å². The van der Waals surface area contributed by atoms with Crippen LogP contribution in [0.2, 0.25) is 0 Å². The smallest absolute Gasteiger partial charge is 0.340 e. The molecule has 88 valence electrons.